The Hall–Kier alpha value is -3.35. The second kappa shape index (κ2) is 7.49. The van der Waals surface area contributed by atoms with Crippen LogP contribution in [0, 0.1) is 0 Å². The van der Waals surface area contributed by atoms with Gasteiger partial charge in [-0.3, -0.25) is 0 Å². The zero-order chi connectivity index (χ0) is 18.6. The lowest BCUT2D eigenvalue weighted by molar-refractivity contribution is 0.193. The van der Waals surface area contributed by atoms with Crippen molar-refractivity contribution in [3.05, 3.63) is 60.5 Å². The monoisotopic (exact) mass is 364 g/mol. The van der Waals surface area contributed by atoms with E-state index < -0.39 is 0 Å². The predicted octanol–water partition coefficient (Wildman–Crippen LogP) is 4.11. The second-order valence-corrected chi connectivity index (χ2v) is 6.34. The summed E-state index contributed by atoms with van der Waals surface area (Å²) in [6.07, 6.45) is 1.69. The number of amides is 2. The molecule has 0 unspecified atom stereocenters. The fourth-order valence-electron chi connectivity index (χ4n) is 3.23. The highest BCUT2D eigenvalue weighted by molar-refractivity contribution is 5.89. The number of methoxy groups -OCH3 is 1. The topological polar surface area (TPSA) is 80.5 Å². The van der Waals surface area contributed by atoms with Crippen LogP contribution in [0.4, 0.5) is 10.5 Å². The number of likely N-dealkylation sites (tertiary alicyclic amines) is 1. The molecule has 1 aromatic heterocycles. The van der Waals surface area contributed by atoms with Gasteiger partial charge in [0.15, 0.2) is 0 Å². The van der Waals surface area contributed by atoms with E-state index in [9.17, 15) is 4.79 Å². The Bertz CT molecular complexity index is 926. The molecule has 138 valence electrons. The average molecular weight is 364 g/mol. The van der Waals surface area contributed by atoms with Crippen molar-refractivity contribution in [2.45, 2.75) is 18.9 Å². The summed E-state index contributed by atoms with van der Waals surface area (Å²) in [5.74, 6) is 1.66. The van der Waals surface area contributed by atoms with E-state index >= 15 is 0 Å². The highest BCUT2D eigenvalue weighted by atomic mass is 16.5. The molecule has 0 bridgehead atoms. The van der Waals surface area contributed by atoms with E-state index in [1.54, 1.807) is 12.0 Å². The number of carbonyl (C=O) groups excluding carboxylic acids is 1. The molecule has 7 heteroatoms. The summed E-state index contributed by atoms with van der Waals surface area (Å²) in [6, 6.07) is 16.5. The molecule has 1 saturated heterocycles. The molecule has 3 aromatic rings. The molecule has 2 heterocycles. The van der Waals surface area contributed by atoms with E-state index in [0.29, 0.717) is 18.3 Å². The molecule has 1 fully saturated rings. The van der Waals surface area contributed by atoms with Crippen LogP contribution in [-0.4, -0.2) is 34.7 Å². The molecular weight excluding hydrogens is 344 g/mol. The van der Waals surface area contributed by atoms with Gasteiger partial charge in [0.1, 0.15) is 11.8 Å². The first kappa shape index (κ1) is 17.1. The van der Waals surface area contributed by atoms with E-state index in [4.69, 9.17) is 9.26 Å². The van der Waals surface area contributed by atoms with E-state index in [1.165, 1.54) is 0 Å². The molecule has 7 nitrogen and oxygen atoms in total. The van der Waals surface area contributed by atoms with Crippen molar-refractivity contribution in [2.24, 2.45) is 0 Å². The SMILES string of the molecule is COc1cccc(-c2noc([C@@H]3CCCN3C(=O)Nc3ccccc3)n2)c1. The number of nitrogens with one attached hydrogen (secondary N) is 1. The highest BCUT2D eigenvalue weighted by Gasteiger charge is 2.34. The molecule has 0 radical (unpaired) electrons. The van der Waals surface area contributed by atoms with Crippen molar-refractivity contribution in [3.63, 3.8) is 0 Å². The van der Waals surface area contributed by atoms with Crippen LogP contribution in [0.5, 0.6) is 5.75 Å². The van der Waals surface area contributed by atoms with Crippen molar-refractivity contribution in [1.82, 2.24) is 15.0 Å². The number of rotatable bonds is 4. The molecule has 0 aliphatic carbocycles. The van der Waals surface area contributed by atoms with Crippen LogP contribution >= 0.6 is 0 Å². The molecule has 2 aromatic carbocycles. The van der Waals surface area contributed by atoms with Crippen molar-refractivity contribution >= 4 is 11.7 Å². The summed E-state index contributed by atoms with van der Waals surface area (Å²) >= 11 is 0. The molecule has 1 aliphatic rings. The normalized spacial score (nSPS) is 16.3. The van der Waals surface area contributed by atoms with E-state index in [1.807, 2.05) is 54.6 Å². The Morgan fingerprint density at radius 1 is 1.22 bits per heavy atom. The van der Waals surface area contributed by atoms with Crippen LogP contribution in [0.25, 0.3) is 11.4 Å². The fourth-order valence-corrected chi connectivity index (χ4v) is 3.23. The van der Waals surface area contributed by atoms with Crippen molar-refractivity contribution in [2.75, 3.05) is 19.0 Å². The Labute approximate surface area is 156 Å². The van der Waals surface area contributed by atoms with Crippen LogP contribution in [0.3, 0.4) is 0 Å². The molecule has 4 rings (SSSR count). The van der Waals surface area contributed by atoms with Crippen molar-refractivity contribution < 1.29 is 14.1 Å². The lowest BCUT2D eigenvalue weighted by Gasteiger charge is -2.22. The molecule has 1 aliphatic heterocycles. The molecule has 0 saturated carbocycles. The highest BCUT2D eigenvalue weighted by Crippen LogP contribution is 2.33. The molecular formula is C20H20N4O3. The van der Waals surface area contributed by atoms with Gasteiger partial charge in [-0.05, 0) is 37.1 Å². The minimum Gasteiger partial charge on any atom is -0.497 e. The molecule has 0 spiro atoms. The quantitative estimate of drug-likeness (QED) is 0.753. The van der Waals surface area contributed by atoms with Gasteiger partial charge in [-0.25, -0.2) is 4.79 Å². The van der Waals surface area contributed by atoms with Gasteiger partial charge in [-0.1, -0.05) is 35.5 Å². The third-order valence-electron chi connectivity index (χ3n) is 4.59. The van der Waals surface area contributed by atoms with E-state index in [-0.39, 0.29) is 12.1 Å². The maximum atomic E-state index is 12.7. The van der Waals surface area contributed by atoms with Crippen molar-refractivity contribution in [1.29, 1.82) is 0 Å². The lowest BCUT2D eigenvalue weighted by atomic mass is 10.2. The number of benzene rings is 2. The molecule has 1 atom stereocenters. The van der Waals surface area contributed by atoms with Crippen LogP contribution in [-0.2, 0) is 0 Å². The summed E-state index contributed by atoms with van der Waals surface area (Å²) in [4.78, 5) is 18.9. The third-order valence-corrected chi connectivity index (χ3v) is 4.59. The van der Waals surface area contributed by atoms with Gasteiger partial charge >= 0.3 is 6.03 Å². The van der Waals surface area contributed by atoms with Gasteiger partial charge in [0, 0.05) is 17.8 Å². The Morgan fingerprint density at radius 3 is 2.89 bits per heavy atom. The van der Waals surface area contributed by atoms with Crippen LogP contribution in [0.15, 0.2) is 59.1 Å². The summed E-state index contributed by atoms with van der Waals surface area (Å²) in [5, 5.41) is 7.00. The van der Waals surface area contributed by atoms with Crippen LogP contribution < -0.4 is 10.1 Å². The van der Waals surface area contributed by atoms with Crippen LogP contribution in [0.1, 0.15) is 24.8 Å². The maximum Gasteiger partial charge on any atom is 0.322 e. The summed E-state index contributed by atoms with van der Waals surface area (Å²) in [5.41, 5.74) is 1.57. The number of aromatic nitrogens is 2. The minimum absolute atomic E-state index is 0.162. The first-order chi connectivity index (χ1) is 13.2. The number of para-hydroxylation sites is 1. The first-order valence-corrected chi connectivity index (χ1v) is 8.85. The van der Waals surface area contributed by atoms with Gasteiger partial charge in [-0.15, -0.1) is 0 Å². The van der Waals surface area contributed by atoms with Crippen molar-refractivity contribution in [3.8, 4) is 17.1 Å². The standard InChI is InChI=1S/C20H20N4O3/c1-26-16-10-5-7-14(13-16)18-22-19(27-23-18)17-11-6-12-24(17)20(25)21-15-8-3-2-4-9-15/h2-5,7-10,13,17H,6,11-12H2,1H3,(H,21,25)/t17-/m0/s1. The van der Waals surface area contributed by atoms with Gasteiger partial charge in [0.05, 0.1) is 7.11 Å². The number of urea groups is 1. The zero-order valence-corrected chi connectivity index (χ0v) is 15.0. The summed E-state index contributed by atoms with van der Waals surface area (Å²) in [7, 11) is 1.61. The van der Waals surface area contributed by atoms with E-state index in [0.717, 1.165) is 29.8 Å². The maximum absolute atomic E-state index is 12.7. The Balaban J connectivity index is 1.52. The summed E-state index contributed by atoms with van der Waals surface area (Å²) in [6.45, 7) is 0.653. The fraction of sp³-hybridized carbons (Fsp3) is 0.250. The second-order valence-electron chi connectivity index (χ2n) is 6.34. The number of hydrogen-bond acceptors (Lipinski definition) is 5. The zero-order valence-electron chi connectivity index (χ0n) is 15.0. The van der Waals surface area contributed by atoms with E-state index in [2.05, 4.69) is 15.5 Å². The van der Waals surface area contributed by atoms with Gasteiger partial charge < -0.3 is 19.5 Å². The average Bonchev–Trinajstić information content (AvgIpc) is 3.38. The van der Waals surface area contributed by atoms with Gasteiger partial charge in [0.2, 0.25) is 11.7 Å². The number of nitrogens with zero attached hydrogens (tertiary/aromatic N) is 3. The van der Waals surface area contributed by atoms with Crippen LogP contribution in [0.2, 0.25) is 0 Å². The summed E-state index contributed by atoms with van der Waals surface area (Å²) < 4.78 is 10.7. The van der Waals surface area contributed by atoms with Gasteiger partial charge in [-0.2, -0.15) is 4.98 Å². The number of ether oxygens (including phenoxy) is 1. The minimum atomic E-state index is -0.222. The largest absolute Gasteiger partial charge is 0.497 e. The third kappa shape index (κ3) is 3.62. The smallest absolute Gasteiger partial charge is 0.322 e. The van der Waals surface area contributed by atoms with Gasteiger partial charge in [0.25, 0.3) is 0 Å². The molecule has 2 amide bonds. The Kier molecular flexibility index (Phi) is 4.74. The lowest BCUT2D eigenvalue weighted by Crippen LogP contribution is -2.34. The number of anilines is 1. The predicted molar refractivity (Wildman–Crippen MR) is 100 cm³/mol. The number of carbonyl (C=O) groups is 1. The number of hydrogen-bond donors (Lipinski definition) is 1. The molecule has 1 N–H and O–H groups in total. The first-order valence-electron chi connectivity index (χ1n) is 8.85. The Morgan fingerprint density at radius 2 is 2.07 bits per heavy atom. The molecule has 27 heavy (non-hydrogen) atoms.